The summed E-state index contributed by atoms with van der Waals surface area (Å²) in [4.78, 5) is 24.7. The second-order valence-electron chi connectivity index (χ2n) is 5.42. The summed E-state index contributed by atoms with van der Waals surface area (Å²) in [5.74, 6) is -0.538. The number of carbonyl (C=O) groups is 2. The first-order valence-electron chi connectivity index (χ1n) is 6.92. The van der Waals surface area contributed by atoms with E-state index in [2.05, 4.69) is 5.10 Å². The minimum Gasteiger partial charge on any atom is -0.478 e. The second-order valence-corrected chi connectivity index (χ2v) is 5.42. The zero-order chi connectivity index (χ0) is 16.4. The number of rotatable bonds is 5. The number of carboxylic acid groups (broad SMARTS) is 1. The minimum atomic E-state index is -1.04. The summed E-state index contributed by atoms with van der Waals surface area (Å²) in [5, 5.41) is 13.2. The van der Waals surface area contributed by atoms with Gasteiger partial charge in [-0.3, -0.25) is 9.48 Å². The van der Waals surface area contributed by atoms with Gasteiger partial charge in [-0.2, -0.15) is 5.10 Å². The fourth-order valence-electron chi connectivity index (χ4n) is 2.07. The van der Waals surface area contributed by atoms with E-state index < -0.39 is 5.97 Å². The van der Waals surface area contributed by atoms with Gasteiger partial charge < -0.3 is 14.4 Å². The van der Waals surface area contributed by atoms with Gasteiger partial charge in [-0.25, -0.2) is 4.79 Å². The van der Waals surface area contributed by atoms with Crippen LogP contribution in [-0.4, -0.2) is 38.7 Å². The lowest BCUT2D eigenvalue weighted by Crippen LogP contribution is -2.26. The topological polar surface area (TPSA) is 88.6 Å². The van der Waals surface area contributed by atoms with Crippen LogP contribution < -0.4 is 0 Å². The molecule has 0 aliphatic carbocycles. The van der Waals surface area contributed by atoms with Gasteiger partial charge in [-0.1, -0.05) is 0 Å². The van der Waals surface area contributed by atoms with Crippen LogP contribution in [0.4, 0.5) is 0 Å². The van der Waals surface area contributed by atoms with Crippen LogP contribution in [0.25, 0.3) is 0 Å². The van der Waals surface area contributed by atoms with Crippen molar-refractivity contribution in [1.29, 1.82) is 0 Å². The van der Waals surface area contributed by atoms with Crippen LogP contribution in [0.5, 0.6) is 0 Å². The Morgan fingerprint density at radius 3 is 2.64 bits per heavy atom. The largest absolute Gasteiger partial charge is 0.478 e. The predicted molar refractivity (Wildman–Crippen MR) is 78.8 cm³/mol. The number of hydrogen-bond donors (Lipinski definition) is 1. The predicted octanol–water partition coefficient (Wildman–Crippen LogP) is 2.34. The number of aryl methyl sites for hydroxylation is 1. The minimum absolute atomic E-state index is 0.111. The summed E-state index contributed by atoms with van der Waals surface area (Å²) >= 11 is 0. The van der Waals surface area contributed by atoms with E-state index in [1.807, 2.05) is 13.8 Å². The van der Waals surface area contributed by atoms with Gasteiger partial charge in [0.1, 0.15) is 22.8 Å². The SMILES string of the molecule is Cc1oc(CN(C)C(=O)c2ccn(C(C)C)n2)cc1C(=O)O. The molecule has 0 aliphatic heterocycles. The molecule has 0 saturated carbocycles. The number of furan rings is 1. The Balaban J connectivity index is 2.10. The fraction of sp³-hybridized carbons (Fsp3) is 0.400. The van der Waals surface area contributed by atoms with Gasteiger partial charge in [0.25, 0.3) is 5.91 Å². The fourth-order valence-corrected chi connectivity index (χ4v) is 2.07. The molecule has 0 spiro atoms. The maximum atomic E-state index is 12.3. The highest BCUT2D eigenvalue weighted by Crippen LogP contribution is 2.17. The van der Waals surface area contributed by atoms with Crippen LogP contribution in [0.3, 0.4) is 0 Å². The van der Waals surface area contributed by atoms with Crippen molar-refractivity contribution in [3.63, 3.8) is 0 Å². The lowest BCUT2D eigenvalue weighted by Gasteiger charge is -2.14. The highest BCUT2D eigenvalue weighted by atomic mass is 16.4. The zero-order valence-electron chi connectivity index (χ0n) is 13.0. The molecule has 0 aliphatic rings. The number of hydrogen-bond acceptors (Lipinski definition) is 4. The van der Waals surface area contributed by atoms with Crippen molar-refractivity contribution < 1.29 is 19.1 Å². The molecular weight excluding hydrogens is 286 g/mol. The zero-order valence-corrected chi connectivity index (χ0v) is 13.0. The molecule has 1 amide bonds. The van der Waals surface area contributed by atoms with Crippen molar-refractivity contribution in [3.8, 4) is 0 Å². The van der Waals surface area contributed by atoms with E-state index in [1.54, 1.807) is 30.9 Å². The molecule has 7 heteroatoms. The Morgan fingerprint density at radius 2 is 2.14 bits per heavy atom. The number of aromatic nitrogens is 2. The Kier molecular flexibility index (Phi) is 4.35. The third-order valence-corrected chi connectivity index (χ3v) is 3.30. The number of carbonyl (C=O) groups excluding carboxylic acids is 1. The van der Waals surface area contributed by atoms with Gasteiger partial charge in [0.15, 0.2) is 0 Å². The maximum Gasteiger partial charge on any atom is 0.339 e. The molecule has 0 saturated heterocycles. The van der Waals surface area contributed by atoms with Gasteiger partial charge in [0.05, 0.1) is 6.54 Å². The third kappa shape index (κ3) is 3.19. The normalized spacial score (nSPS) is 11.0. The Morgan fingerprint density at radius 1 is 1.45 bits per heavy atom. The maximum absolute atomic E-state index is 12.3. The molecule has 0 aromatic carbocycles. The highest BCUT2D eigenvalue weighted by molar-refractivity contribution is 5.92. The number of carboxylic acids is 1. The van der Waals surface area contributed by atoms with E-state index in [0.717, 1.165) is 0 Å². The monoisotopic (exact) mass is 305 g/mol. The molecule has 0 bridgehead atoms. The first-order chi connectivity index (χ1) is 10.3. The molecule has 7 nitrogen and oxygen atoms in total. The number of amides is 1. The lowest BCUT2D eigenvalue weighted by molar-refractivity contribution is 0.0694. The number of nitrogens with zero attached hydrogens (tertiary/aromatic N) is 3. The van der Waals surface area contributed by atoms with Crippen molar-refractivity contribution in [2.45, 2.75) is 33.4 Å². The third-order valence-electron chi connectivity index (χ3n) is 3.30. The van der Waals surface area contributed by atoms with E-state index in [9.17, 15) is 9.59 Å². The second kappa shape index (κ2) is 6.05. The standard InChI is InChI=1S/C15H19N3O4/c1-9(2)18-6-5-13(16-18)14(19)17(4)8-11-7-12(15(20)21)10(3)22-11/h5-7,9H,8H2,1-4H3,(H,20,21). The molecule has 1 N–H and O–H groups in total. The molecule has 2 rings (SSSR count). The molecule has 118 valence electrons. The Bertz CT molecular complexity index is 699. The summed E-state index contributed by atoms with van der Waals surface area (Å²) in [6.07, 6.45) is 1.76. The van der Waals surface area contributed by atoms with Crippen molar-refractivity contribution in [2.75, 3.05) is 7.05 Å². The molecule has 22 heavy (non-hydrogen) atoms. The molecule has 0 atom stereocenters. The quantitative estimate of drug-likeness (QED) is 0.916. The van der Waals surface area contributed by atoms with Crippen LogP contribution in [0.15, 0.2) is 22.7 Å². The van der Waals surface area contributed by atoms with E-state index >= 15 is 0 Å². The summed E-state index contributed by atoms with van der Waals surface area (Å²) in [6.45, 7) is 5.72. The van der Waals surface area contributed by atoms with Gasteiger partial charge >= 0.3 is 5.97 Å². The molecule has 0 fully saturated rings. The van der Waals surface area contributed by atoms with E-state index in [4.69, 9.17) is 9.52 Å². The van der Waals surface area contributed by atoms with Gasteiger partial charge in [0, 0.05) is 19.3 Å². The first-order valence-corrected chi connectivity index (χ1v) is 6.92. The van der Waals surface area contributed by atoms with E-state index in [-0.39, 0.29) is 24.1 Å². The van der Waals surface area contributed by atoms with Crippen LogP contribution >= 0.6 is 0 Å². The van der Waals surface area contributed by atoms with Crippen molar-refractivity contribution in [1.82, 2.24) is 14.7 Å². The Hall–Kier alpha value is -2.57. The summed E-state index contributed by atoms with van der Waals surface area (Å²) in [7, 11) is 1.62. The smallest absolute Gasteiger partial charge is 0.339 e. The summed E-state index contributed by atoms with van der Waals surface area (Å²) < 4.78 is 7.08. The van der Waals surface area contributed by atoms with E-state index in [1.165, 1.54) is 11.0 Å². The average molecular weight is 305 g/mol. The molecule has 2 heterocycles. The molecule has 0 radical (unpaired) electrons. The highest BCUT2D eigenvalue weighted by Gasteiger charge is 2.19. The molecule has 0 unspecified atom stereocenters. The van der Waals surface area contributed by atoms with Crippen molar-refractivity contribution in [2.24, 2.45) is 0 Å². The van der Waals surface area contributed by atoms with Crippen molar-refractivity contribution in [3.05, 3.63) is 41.1 Å². The Labute approximate surface area is 128 Å². The summed E-state index contributed by atoms with van der Waals surface area (Å²) in [5.41, 5.74) is 0.456. The molecular formula is C15H19N3O4. The van der Waals surface area contributed by atoms with Gasteiger partial charge in [-0.15, -0.1) is 0 Å². The van der Waals surface area contributed by atoms with Crippen LogP contribution in [0, 0.1) is 6.92 Å². The average Bonchev–Trinajstić information content (AvgIpc) is 3.04. The van der Waals surface area contributed by atoms with Crippen LogP contribution in [-0.2, 0) is 6.54 Å². The van der Waals surface area contributed by atoms with Crippen molar-refractivity contribution >= 4 is 11.9 Å². The molecule has 2 aromatic heterocycles. The summed E-state index contributed by atoms with van der Waals surface area (Å²) in [6, 6.07) is 3.28. The lowest BCUT2D eigenvalue weighted by atomic mass is 10.2. The van der Waals surface area contributed by atoms with Crippen LogP contribution in [0.1, 0.15) is 52.3 Å². The van der Waals surface area contributed by atoms with E-state index in [0.29, 0.717) is 17.2 Å². The first kappa shape index (κ1) is 15.8. The molecule has 2 aromatic rings. The van der Waals surface area contributed by atoms with Gasteiger partial charge in [0.2, 0.25) is 0 Å². The van der Waals surface area contributed by atoms with Gasteiger partial charge in [-0.05, 0) is 32.9 Å². The number of aromatic carboxylic acids is 1. The van der Waals surface area contributed by atoms with Crippen LogP contribution in [0.2, 0.25) is 0 Å².